The fourth-order valence-corrected chi connectivity index (χ4v) is 5.04. The summed E-state index contributed by atoms with van der Waals surface area (Å²) >= 11 is 1.23. The van der Waals surface area contributed by atoms with E-state index in [9.17, 15) is 30.2 Å². The molecular formula is C20H24N2O6S. The first-order valence-electron chi connectivity index (χ1n) is 9.23. The van der Waals surface area contributed by atoms with E-state index in [-0.39, 0.29) is 25.1 Å². The second-order valence-electron chi connectivity index (χ2n) is 8.56. The van der Waals surface area contributed by atoms with Crippen LogP contribution in [0.5, 0.6) is 0 Å². The lowest BCUT2D eigenvalue weighted by Crippen LogP contribution is -2.51. The van der Waals surface area contributed by atoms with Gasteiger partial charge >= 0.3 is 5.97 Å². The summed E-state index contributed by atoms with van der Waals surface area (Å²) in [4.78, 5) is 27.5. The van der Waals surface area contributed by atoms with Gasteiger partial charge < -0.3 is 15.3 Å². The Labute approximate surface area is 172 Å². The fraction of sp³-hybridized carbons (Fsp3) is 0.500. The molecule has 1 aliphatic rings. The van der Waals surface area contributed by atoms with Gasteiger partial charge in [0.25, 0.3) is 5.69 Å². The molecule has 1 saturated carbocycles. The van der Waals surface area contributed by atoms with Gasteiger partial charge in [-0.1, -0.05) is 13.8 Å². The van der Waals surface area contributed by atoms with Gasteiger partial charge in [0.1, 0.15) is 10.6 Å². The number of benzene rings is 1. The Morgan fingerprint density at radius 3 is 2.52 bits per heavy atom. The van der Waals surface area contributed by atoms with Gasteiger partial charge in [-0.05, 0) is 43.2 Å². The molecule has 0 saturated heterocycles. The molecule has 1 aliphatic carbocycles. The van der Waals surface area contributed by atoms with Gasteiger partial charge in [-0.25, -0.2) is 4.98 Å². The van der Waals surface area contributed by atoms with E-state index in [4.69, 9.17) is 0 Å². The summed E-state index contributed by atoms with van der Waals surface area (Å²) in [6.07, 6.45) is 2.37. The maximum absolute atomic E-state index is 11.8. The first kappa shape index (κ1) is 21.4. The summed E-state index contributed by atoms with van der Waals surface area (Å²) in [7, 11) is 0. The standard InChI is InChI=1S/C20H24N2O6S/c1-18(2)11-20(26,5-4-19(18,3)17(24)25)16-21-9-15(29-16)13-6-12(10-23)7-14(8-13)22(27)28/h6-9,23,26H,4-5,10-11H2,1-3H3,(H,24,25)/t19-,20-/m1/s1. The van der Waals surface area contributed by atoms with Crippen molar-refractivity contribution in [3.63, 3.8) is 0 Å². The molecule has 1 heterocycles. The molecule has 0 aliphatic heterocycles. The van der Waals surface area contributed by atoms with Crippen molar-refractivity contribution >= 4 is 23.0 Å². The van der Waals surface area contributed by atoms with E-state index in [0.29, 0.717) is 27.4 Å². The molecule has 0 unspecified atom stereocenters. The van der Waals surface area contributed by atoms with E-state index in [0.717, 1.165) is 0 Å². The number of rotatable bonds is 5. The number of aromatic nitrogens is 1. The zero-order valence-corrected chi connectivity index (χ0v) is 17.3. The van der Waals surface area contributed by atoms with Crippen molar-refractivity contribution in [1.29, 1.82) is 0 Å². The van der Waals surface area contributed by atoms with Crippen molar-refractivity contribution in [3.8, 4) is 10.4 Å². The molecule has 8 nitrogen and oxygen atoms in total. The third kappa shape index (κ3) is 3.65. The molecular weight excluding hydrogens is 396 g/mol. The highest BCUT2D eigenvalue weighted by atomic mass is 32.1. The zero-order chi connectivity index (χ0) is 21.6. The van der Waals surface area contributed by atoms with Crippen LogP contribution < -0.4 is 0 Å². The number of aliphatic hydroxyl groups excluding tert-OH is 1. The maximum Gasteiger partial charge on any atom is 0.309 e. The number of hydrogen-bond donors (Lipinski definition) is 3. The van der Waals surface area contributed by atoms with Crippen LogP contribution in [0.4, 0.5) is 5.69 Å². The molecule has 9 heteroatoms. The summed E-state index contributed by atoms with van der Waals surface area (Å²) in [6.45, 7) is 5.07. The predicted molar refractivity (Wildman–Crippen MR) is 107 cm³/mol. The minimum atomic E-state index is -1.26. The first-order valence-corrected chi connectivity index (χ1v) is 10.1. The Morgan fingerprint density at radius 2 is 1.97 bits per heavy atom. The highest BCUT2D eigenvalue weighted by molar-refractivity contribution is 7.15. The van der Waals surface area contributed by atoms with Gasteiger partial charge in [0.05, 0.1) is 21.8 Å². The number of carbonyl (C=O) groups is 1. The summed E-state index contributed by atoms with van der Waals surface area (Å²) in [5.74, 6) is -0.877. The van der Waals surface area contributed by atoms with E-state index >= 15 is 0 Å². The molecule has 29 heavy (non-hydrogen) atoms. The number of carboxylic acids is 1. The fourth-order valence-electron chi connectivity index (χ4n) is 4.02. The van der Waals surface area contributed by atoms with E-state index < -0.39 is 27.3 Å². The van der Waals surface area contributed by atoms with Crippen LogP contribution in [0.25, 0.3) is 10.4 Å². The van der Waals surface area contributed by atoms with E-state index in [2.05, 4.69) is 4.98 Å². The number of nitro benzene ring substituents is 1. The average molecular weight is 420 g/mol. The molecule has 0 radical (unpaired) electrons. The lowest BCUT2D eigenvalue weighted by atomic mass is 9.55. The van der Waals surface area contributed by atoms with Crippen molar-refractivity contribution in [1.82, 2.24) is 4.98 Å². The zero-order valence-electron chi connectivity index (χ0n) is 16.5. The van der Waals surface area contributed by atoms with Gasteiger partial charge in [0.15, 0.2) is 0 Å². The van der Waals surface area contributed by atoms with Crippen molar-refractivity contribution in [2.75, 3.05) is 0 Å². The van der Waals surface area contributed by atoms with Crippen LogP contribution in [0, 0.1) is 20.9 Å². The van der Waals surface area contributed by atoms with Crippen LogP contribution in [0.2, 0.25) is 0 Å². The van der Waals surface area contributed by atoms with Crippen molar-refractivity contribution in [3.05, 3.63) is 45.1 Å². The molecule has 1 aromatic carbocycles. The number of non-ortho nitro benzene ring substituents is 1. The topological polar surface area (TPSA) is 134 Å². The number of carboxylic acid groups (broad SMARTS) is 1. The van der Waals surface area contributed by atoms with Crippen LogP contribution in [-0.2, 0) is 17.0 Å². The van der Waals surface area contributed by atoms with Gasteiger partial charge in [-0.15, -0.1) is 11.3 Å². The van der Waals surface area contributed by atoms with E-state index in [1.54, 1.807) is 19.2 Å². The number of aliphatic hydroxyl groups is 2. The molecule has 0 spiro atoms. The largest absolute Gasteiger partial charge is 0.481 e. The molecule has 2 atom stereocenters. The molecule has 0 amide bonds. The summed E-state index contributed by atoms with van der Waals surface area (Å²) in [5, 5.41) is 42.0. The van der Waals surface area contributed by atoms with Crippen LogP contribution in [0.1, 0.15) is 50.6 Å². The minimum Gasteiger partial charge on any atom is -0.481 e. The lowest BCUT2D eigenvalue weighted by Gasteiger charge is -2.50. The smallest absolute Gasteiger partial charge is 0.309 e. The Kier molecular flexibility index (Phi) is 5.27. The third-order valence-electron chi connectivity index (χ3n) is 6.30. The summed E-state index contributed by atoms with van der Waals surface area (Å²) < 4.78 is 0. The molecule has 1 aromatic heterocycles. The highest BCUT2D eigenvalue weighted by Gasteiger charge is 2.56. The molecule has 2 aromatic rings. The predicted octanol–water partition coefficient (Wildman–Crippen LogP) is 3.70. The highest BCUT2D eigenvalue weighted by Crippen LogP contribution is 2.56. The normalized spacial score (nSPS) is 26.2. The van der Waals surface area contributed by atoms with E-state index in [1.807, 2.05) is 13.8 Å². The van der Waals surface area contributed by atoms with Gasteiger partial charge in [-0.3, -0.25) is 14.9 Å². The number of thiazole rings is 1. The maximum atomic E-state index is 11.8. The van der Waals surface area contributed by atoms with E-state index in [1.165, 1.54) is 23.5 Å². The Morgan fingerprint density at radius 1 is 1.28 bits per heavy atom. The minimum absolute atomic E-state index is 0.128. The SMILES string of the molecule is CC1(C)C[C@@](O)(c2ncc(-c3cc(CO)cc([N+](=O)[O-])c3)s2)CC[C@]1(C)C(=O)O. The molecule has 0 bridgehead atoms. The second kappa shape index (κ2) is 7.16. The summed E-state index contributed by atoms with van der Waals surface area (Å²) in [5.41, 5.74) is -2.04. The third-order valence-corrected chi connectivity index (χ3v) is 7.54. The molecule has 156 valence electrons. The van der Waals surface area contributed by atoms with Crippen LogP contribution in [0.15, 0.2) is 24.4 Å². The number of nitro groups is 1. The van der Waals surface area contributed by atoms with Crippen LogP contribution >= 0.6 is 11.3 Å². The Bertz CT molecular complexity index is 972. The molecule has 1 fully saturated rings. The first-order chi connectivity index (χ1) is 13.4. The molecule has 3 rings (SSSR count). The number of nitrogens with zero attached hydrogens (tertiary/aromatic N) is 2. The van der Waals surface area contributed by atoms with Gasteiger partial charge in [0.2, 0.25) is 0 Å². The van der Waals surface area contributed by atoms with Crippen LogP contribution in [-0.4, -0.2) is 31.2 Å². The monoisotopic (exact) mass is 420 g/mol. The lowest BCUT2D eigenvalue weighted by molar-refractivity contribution is -0.384. The number of hydrogen-bond acceptors (Lipinski definition) is 7. The van der Waals surface area contributed by atoms with Gasteiger partial charge in [0, 0.05) is 23.9 Å². The number of aliphatic carboxylic acids is 1. The Balaban J connectivity index is 1.96. The summed E-state index contributed by atoms with van der Waals surface area (Å²) in [6, 6.07) is 4.38. The van der Waals surface area contributed by atoms with Crippen LogP contribution in [0.3, 0.4) is 0 Å². The van der Waals surface area contributed by atoms with Crippen molar-refractivity contribution in [2.24, 2.45) is 10.8 Å². The van der Waals surface area contributed by atoms with Crippen molar-refractivity contribution < 1.29 is 25.0 Å². The van der Waals surface area contributed by atoms with Crippen molar-refractivity contribution in [2.45, 2.75) is 52.2 Å². The quantitative estimate of drug-likeness (QED) is 0.496. The van der Waals surface area contributed by atoms with Gasteiger partial charge in [-0.2, -0.15) is 0 Å². The second-order valence-corrected chi connectivity index (χ2v) is 9.59. The Hall–Kier alpha value is -2.36. The average Bonchev–Trinajstić information content (AvgIpc) is 3.15. The molecule has 3 N–H and O–H groups in total.